The van der Waals surface area contributed by atoms with Crippen LogP contribution < -0.4 is 5.32 Å². The minimum absolute atomic E-state index is 0.285. The van der Waals surface area contributed by atoms with Crippen molar-refractivity contribution in [2.45, 2.75) is 26.2 Å². The summed E-state index contributed by atoms with van der Waals surface area (Å²) in [4.78, 5) is 0. The average molecular weight is 205 g/mol. The fourth-order valence-electron chi connectivity index (χ4n) is 1.66. The lowest BCUT2D eigenvalue weighted by molar-refractivity contribution is 0.369. The van der Waals surface area contributed by atoms with Crippen LogP contribution in [0.25, 0.3) is 0 Å². The molecule has 1 atom stereocenters. The van der Waals surface area contributed by atoms with Crippen molar-refractivity contribution < 1.29 is 8.42 Å². The van der Waals surface area contributed by atoms with Gasteiger partial charge in [-0.2, -0.15) is 0 Å². The van der Waals surface area contributed by atoms with Crippen LogP contribution >= 0.6 is 0 Å². The molecule has 1 aliphatic heterocycles. The Kier molecular flexibility index (Phi) is 4.19. The summed E-state index contributed by atoms with van der Waals surface area (Å²) in [6, 6.07) is 0. The molecule has 4 heteroatoms. The summed E-state index contributed by atoms with van der Waals surface area (Å²) >= 11 is 0. The highest BCUT2D eigenvalue weighted by atomic mass is 32.2. The summed E-state index contributed by atoms with van der Waals surface area (Å²) in [5.74, 6) is 1.23. The van der Waals surface area contributed by atoms with Crippen LogP contribution in [-0.2, 0) is 9.84 Å². The number of rotatable bonds is 4. The second-order valence-electron chi connectivity index (χ2n) is 3.74. The molecule has 0 saturated carbocycles. The predicted molar refractivity (Wildman–Crippen MR) is 54.5 cm³/mol. The first-order chi connectivity index (χ1) is 6.14. The van der Waals surface area contributed by atoms with Gasteiger partial charge in [0.05, 0.1) is 5.75 Å². The maximum Gasteiger partial charge on any atom is 0.150 e. The molecule has 0 aromatic rings. The summed E-state index contributed by atoms with van der Waals surface area (Å²) in [5.41, 5.74) is 0. The zero-order valence-electron chi connectivity index (χ0n) is 8.25. The molecule has 0 aliphatic carbocycles. The molecule has 1 fully saturated rings. The molecular formula is C9H19NO2S. The summed E-state index contributed by atoms with van der Waals surface area (Å²) in [7, 11) is -2.75. The van der Waals surface area contributed by atoms with Gasteiger partial charge in [-0.05, 0) is 38.3 Å². The van der Waals surface area contributed by atoms with Crippen molar-refractivity contribution in [3.63, 3.8) is 0 Å². The SMILES string of the molecule is CCS(=O)(=O)CCC1CCCNC1. The molecule has 1 N–H and O–H groups in total. The fourth-order valence-corrected chi connectivity index (χ4v) is 2.64. The van der Waals surface area contributed by atoms with E-state index in [0.717, 1.165) is 19.5 Å². The molecule has 0 aromatic heterocycles. The minimum Gasteiger partial charge on any atom is -0.316 e. The summed E-state index contributed by atoms with van der Waals surface area (Å²) < 4.78 is 22.4. The molecule has 3 nitrogen and oxygen atoms in total. The van der Waals surface area contributed by atoms with Gasteiger partial charge in [0.1, 0.15) is 9.84 Å². The van der Waals surface area contributed by atoms with E-state index in [1.54, 1.807) is 6.92 Å². The number of sulfone groups is 1. The van der Waals surface area contributed by atoms with Gasteiger partial charge in [0.2, 0.25) is 0 Å². The van der Waals surface area contributed by atoms with Gasteiger partial charge in [-0.25, -0.2) is 8.42 Å². The van der Waals surface area contributed by atoms with Crippen LogP contribution in [0.1, 0.15) is 26.2 Å². The van der Waals surface area contributed by atoms with Gasteiger partial charge in [-0.3, -0.25) is 0 Å². The van der Waals surface area contributed by atoms with Crippen LogP contribution in [0, 0.1) is 5.92 Å². The number of nitrogens with one attached hydrogen (secondary N) is 1. The van der Waals surface area contributed by atoms with Crippen molar-refractivity contribution in [2.24, 2.45) is 5.92 Å². The van der Waals surface area contributed by atoms with Crippen LogP contribution in [0.5, 0.6) is 0 Å². The molecule has 0 aromatic carbocycles. The van der Waals surface area contributed by atoms with Crippen LogP contribution in [0.2, 0.25) is 0 Å². The topological polar surface area (TPSA) is 46.2 Å². The molecule has 1 aliphatic rings. The van der Waals surface area contributed by atoms with E-state index in [1.165, 1.54) is 12.8 Å². The third-order valence-corrected chi connectivity index (χ3v) is 4.41. The standard InChI is InChI=1S/C9H19NO2S/c1-2-13(11,12)7-5-9-4-3-6-10-8-9/h9-10H,2-8H2,1H3. The first-order valence-electron chi connectivity index (χ1n) is 5.05. The van der Waals surface area contributed by atoms with Crippen molar-refractivity contribution in [2.75, 3.05) is 24.6 Å². The molecule has 1 rings (SSSR count). The highest BCUT2D eigenvalue weighted by molar-refractivity contribution is 7.91. The van der Waals surface area contributed by atoms with Crippen molar-refractivity contribution >= 4 is 9.84 Å². The monoisotopic (exact) mass is 205 g/mol. The number of piperidine rings is 1. The highest BCUT2D eigenvalue weighted by Gasteiger charge is 2.16. The van der Waals surface area contributed by atoms with Gasteiger partial charge in [-0.1, -0.05) is 6.92 Å². The smallest absolute Gasteiger partial charge is 0.150 e. The lowest BCUT2D eigenvalue weighted by Gasteiger charge is -2.22. The molecular weight excluding hydrogens is 186 g/mol. The molecule has 0 amide bonds. The van der Waals surface area contributed by atoms with E-state index in [9.17, 15) is 8.42 Å². The highest BCUT2D eigenvalue weighted by Crippen LogP contribution is 2.14. The van der Waals surface area contributed by atoms with Gasteiger partial charge in [0.25, 0.3) is 0 Å². The molecule has 1 heterocycles. The van der Waals surface area contributed by atoms with Crippen LogP contribution in [0.4, 0.5) is 0 Å². The van der Waals surface area contributed by atoms with E-state index in [0.29, 0.717) is 11.7 Å². The third kappa shape index (κ3) is 4.09. The summed E-state index contributed by atoms with van der Waals surface area (Å²) in [5, 5.41) is 3.29. The summed E-state index contributed by atoms with van der Waals surface area (Å²) in [6.45, 7) is 3.81. The second kappa shape index (κ2) is 4.96. The van der Waals surface area contributed by atoms with E-state index in [1.807, 2.05) is 0 Å². The molecule has 0 spiro atoms. The van der Waals surface area contributed by atoms with E-state index in [-0.39, 0.29) is 5.75 Å². The number of hydrogen-bond donors (Lipinski definition) is 1. The van der Waals surface area contributed by atoms with Crippen molar-refractivity contribution in [1.29, 1.82) is 0 Å². The lowest BCUT2D eigenvalue weighted by Crippen LogP contribution is -2.31. The summed E-state index contributed by atoms with van der Waals surface area (Å²) in [6.07, 6.45) is 3.21. The van der Waals surface area contributed by atoms with Crippen LogP contribution in [0.3, 0.4) is 0 Å². The van der Waals surface area contributed by atoms with Gasteiger partial charge in [0.15, 0.2) is 0 Å². The van der Waals surface area contributed by atoms with Crippen molar-refractivity contribution in [3.05, 3.63) is 0 Å². The largest absolute Gasteiger partial charge is 0.316 e. The Balaban J connectivity index is 2.25. The Morgan fingerprint density at radius 1 is 1.46 bits per heavy atom. The molecule has 0 radical (unpaired) electrons. The molecule has 0 bridgehead atoms. The van der Waals surface area contributed by atoms with Crippen molar-refractivity contribution in [1.82, 2.24) is 5.32 Å². The Bertz CT molecular complexity index is 230. The van der Waals surface area contributed by atoms with Crippen LogP contribution in [-0.4, -0.2) is 33.0 Å². The van der Waals surface area contributed by atoms with E-state index >= 15 is 0 Å². The zero-order valence-corrected chi connectivity index (χ0v) is 9.07. The van der Waals surface area contributed by atoms with Crippen LogP contribution in [0.15, 0.2) is 0 Å². The van der Waals surface area contributed by atoms with Gasteiger partial charge in [-0.15, -0.1) is 0 Å². The average Bonchev–Trinajstić information content (AvgIpc) is 2.17. The molecule has 13 heavy (non-hydrogen) atoms. The van der Waals surface area contributed by atoms with E-state index in [2.05, 4.69) is 5.32 Å². The fraction of sp³-hybridized carbons (Fsp3) is 1.00. The van der Waals surface area contributed by atoms with E-state index in [4.69, 9.17) is 0 Å². The molecule has 78 valence electrons. The van der Waals surface area contributed by atoms with Gasteiger partial charge in [0, 0.05) is 5.75 Å². The zero-order chi connectivity index (χ0) is 9.73. The van der Waals surface area contributed by atoms with Gasteiger partial charge < -0.3 is 5.32 Å². The van der Waals surface area contributed by atoms with E-state index < -0.39 is 9.84 Å². The van der Waals surface area contributed by atoms with Crippen molar-refractivity contribution in [3.8, 4) is 0 Å². The molecule has 1 unspecified atom stereocenters. The maximum atomic E-state index is 11.2. The second-order valence-corrected chi connectivity index (χ2v) is 6.21. The maximum absolute atomic E-state index is 11.2. The number of hydrogen-bond acceptors (Lipinski definition) is 3. The Morgan fingerprint density at radius 2 is 2.23 bits per heavy atom. The lowest BCUT2D eigenvalue weighted by atomic mass is 9.97. The Labute approximate surface area is 80.8 Å². The van der Waals surface area contributed by atoms with Gasteiger partial charge >= 0.3 is 0 Å². The predicted octanol–water partition coefficient (Wildman–Crippen LogP) is 0.811. The molecule has 1 saturated heterocycles. The minimum atomic E-state index is -2.75. The Morgan fingerprint density at radius 3 is 2.77 bits per heavy atom. The normalized spacial score (nSPS) is 24.5. The first-order valence-corrected chi connectivity index (χ1v) is 6.87. The Hall–Kier alpha value is -0.0900. The third-order valence-electron chi connectivity index (χ3n) is 2.68. The quantitative estimate of drug-likeness (QED) is 0.739. The first kappa shape index (κ1) is 11.0.